The Balaban J connectivity index is 2.29. The zero-order chi connectivity index (χ0) is 12.7. The van der Waals surface area contributed by atoms with Crippen LogP contribution < -0.4 is 0 Å². The highest BCUT2D eigenvalue weighted by Crippen LogP contribution is 2.42. The second-order valence-corrected chi connectivity index (χ2v) is 5.76. The average molecular weight is 255 g/mol. The van der Waals surface area contributed by atoms with E-state index in [4.69, 9.17) is 9.79 Å². The summed E-state index contributed by atoms with van der Waals surface area (Å²) in [6, 6.07) is 9.85. The van der Waals surface area contributed by atoms with Gasteiger partial charge in [0, 0.05) is 0 Å². The largest absolute Gasteiger partial charge is 0.336 e. The molecular formula is C12H16O4P. The van der Waals surface area contributed by atoms with Crippen LogP contribution in [0, 0.1) is 0 Å². The zero-order valence-corrected chi connectivity index (χ0v) is 10.3. The van der Waals surface area contributed by atoms with Crippen molar-refractivity contribution in [1.82, 2.24) is 0 Å². The molecule has 1 rings (SSSR count). The number of hydrogen-bond donors (Lipinski definition) is 2. The summed E-state index contributed by atoms with van der Waals surface area (Å²) in [6.45, 7) is 0. The summed E-state index contributed by atoms with van der Waals surface area (Å²) in [5, 5.41) is 0. The van der Waals surface area contributed by atoms with Crippen LogP contribution in [0.15, 0.2) is 30.3 Å². The third-order valence-corrected chi connectivity index (χ3v) is 3.75. The standard InChI is InChI=1S/C12H16O4P/c13-10-12(17(14,15)16)9-5-4-8-11-6-2-1-3-7-11/h1-3,6-7,12H,4-5,8-9H2,(H2,14,15,16). The highest BCUT2D eigenvalue weighted by molar-refractivity contribution is 7.53. The molecular weight excluding hydrogens is 239 g/mol. The van der Waals surface area contributed by atoms with Gasteiger partial charge >= 0.3 is 7.60 Å². The average Bonchev–Trinajstić information content (AvgIpc) is 2.28. The molecule has 0 amide bonds. The van der Waals surface area contributed by atoms with Crippen molar-refractivity contribution in [2.24, 2.45) is 0 Å². The molecule has 5 heteroatoms. The molecule has 0 aliphatic carbocycles. The minimum absolute atomic E-state index is 0.195. The van der Waals surface area contributed by atoms with E-state index in [2.05, 4.69) is 0 Å². The van der Waals surface area contributed by atoms with E-state index in [1.807, 2.05) is 30.3 Å². The van der Waals surface area contributed by atoms with E-state index in [0.29, 0.717) is 6.42 Å². The molecule has 0 aliphatic rings. The minimum Gasteiger partial charge on any atom is -0.324 e. The Kier molecular flexibility index (Phi) is 5.56. The maximum atomic E-state index is 10.9. The summed E-state index contributed by atoms with van der Waals surface area (Å²) in [5.74, 6) is 0. The predicted molar refractivity (Wildman–Crippen MR) is 65.5 cm³/mol. The van der Waals surface area contributed by atoms with Crippen molar-refractivity contribution in [1.29, 1.82) is 0 Å². The lowest BCUT2D eigenvalue weighted by molar-refractivity contribution is 0.362. The first-order valence-electron chi connectivity index (χ1n) is 5.51. The van der Waals surface area contributed by atoms with E-state index in [1.54, 1.807) is 0 Å². The molecule has 1 aromatic rings. The fourth-order valence-electron chi connectivity index (χ4n) is 1.61. The van der Waals surface area contributed by atoms with Crippen LogP contribution in [0.2, 0.25) is 0 Å². The smallest absolute Gasteiger partial charge is 0.324 e. The third-order valence-electron chi connectivity index (χ3n) is 2.58. The van der Waals surface area contributed by atoms with Crippen molar-refractivity contribution in [2.45, 2.75) is 31.3 Å². The van der Waals surface area contributed by atoms with Gasteiger partial charge in [-0.1, -0.05) is 36.8 Å². The molecule has 17 heavy (non-hydrogen) atoms. The van der Waals surface area contributed by atoms with Gasteiger partial charge in [-0.15, -0.1) is 0 Å². The van der Waals surface area contributed by atoms with Crippen LogP contribution in [0.3, 0.4) is 0 Å². The van der Waals surface area contributed by atoms with Gasteiger partial charge in [0.2, 0.25) is 6.29 Å². The molecule has 0 saturated carbocycles. The van der Waals surface area contributed by atoms with Crippen molar-refractivity contribution >= 4 is 13.9 Å². The first kappa shape index (κ1) is 14.1. The number of rotatable bonds is 7. The Bertz CT molecular complexity index is 385. The maximum absolute atomic E-state index is 10.9. The normalized spacial score (nSPS) is 13.3. The summed E-state index contributed by atoms with van der Waals surface area (Å²) in [7, 11) is -4.31. The summed E-state index contributed by atoms with van der Waals surface area (Å²) >= 11 is 0. The highest BCUT2D eigenvalue weighted by atomic mass is 31.2. The molecule has 2 N–H and O–H groups in total. The van der Waals surface area contributed by atoms with Gasteiger partial charge in [-0.05, 0) is 24.8 Å². The van der Waals surface area contributed by atoms with Crippen LogP contribution in [0.1, 0.15) is 24.8 Å². The lowest BCUT2D eigenvalue weighted by Crippen LogP contribution is -2.09. The van der Waals surface area contributed by atoms with Crippen LogP contribution in [-0.2, 0) is 15.8 Å². The maximum Gasteiger partial charge on any atom is 0.336 e. The Hall–Kier alpha value is -0.960. The summed E-state index contributed by atoms with van der Waals surface area (Å²) in [5.41, 5.74) is -0.0754. The van der Waals surface area contributed by atoms with Crippen LogP contribution in [0.4, 0.5) is 0 Å². The van der Waals surface area contributed by atoms with Gasteiger partial charge in [0.1, 0.15) is 5.66 Å². The number of carbonyl (C=O) groups excluding carboxylic acids is 1. The van der Waals surface area contributed by atoms with Crippen LogP contribution in [0.5, 0.6) is 0 Å². The summed E-state index contributed by atoms with van der Waals surface area (Å²) < 4.78 is 10.9. The van der Waals surface area contributed by atoms with Crippen molar-refractivity contribution in [3.05, 3.63) is 35.9 Å². The second-order valence-electron chi connectivity index (χ2n) is 3.95. The van der Waals surface area contributed by atoms with E-state index in [9.17, 15) is 9.36 Å². The van der Waals surface area contributed by atoms with Crippen LogP contribution in [0.25, 0.3) is 0 Å². The third kappa shape index (κ3) is 5.26. The van der Waals surface area contributed by atoms with E-state index >= 15 is 0 Å². The molecule has 0 aromatic heterocycles. The van der Waals surface area contributed by atoms with Crippen molar-refractivity contribution in [3.8, 4) is 0 Å². The van der Waals surface area contributed by atoms with Gasteiger partial charge in [0.25, 0.3) is 0 Å². The molecule has 0 heterocycles. The van der Waals surface area contributed by atoms with Crippen molar-refractivity contribution in [3.63, 3.8) is 0 Å². The lowest BCUT2D eigenvalue weighted by Gasteiger charge is -2.10. The predicted octanol–water partition coefficient (Wildman–Crippen LogP) is 2.06. The molecule has 4 nitrogen and oxygen atoms in total. The Morgan fingerprint density at radius 1 is 1.18 bits per heavy atom. The van der Waals surface area contributed by atoms with E-state index in [1.165, 1.54) is 11.8 Å². The van der Waals surface area contributed by atoms with Gasteiger partial charge in [0.05, 0.1) is 0 Å². The molecule has 0 spiro atoms. The van der Waals surface area contributed by atoms with E-state index in [-0.39, 0.29) is 6.42 Å². The monoisotopic (exact) mass is 255 g/mol. The van der Waals surface area contributed by atoms with Crippen LogP contribution in [-0.4, -0.2) is 21.7 Å². The quantitative estimate of drug-likeness (QED) is 0.577. The molecule has 0 saturated heterocycles. The summed E-state index contributed by atoms with van der Waals surface area (Å²) in [6.07, 6.45) is 3.90. The first-order valence-corrected chi connectivity index (χ1v) is 7.19. The van der Waals surface area contributed by atoms with Crippen molar-refractivity contribution < 1.29 is 19.1 Å². The number of aryl methyl sites for hydroxylation is 1. The van der Waals surface area contributed by atoms with Gasteiger partial charge in [-0.25, -0.2) is 0 Å². The molecule has 1 aromatic carbocycles. The van der Waals surface area contributed by atoms with Crippen LogP contribution >= 0.6 is 7.60 Å². The van der Waals surface area contributed by atoms with E-state index < -0.39 is 13.3 Å². The molecule has 0 aliphatic heterocycles. The fraction of sp³-hybridized carbons (Fsp3) is 0.417. The van der Waals surface area contributed by atoms with Gasteiger partial charge in [0.15, 0.2) is 0 Å². The van der Waals surface area contributed by atoms with Gasteiger partial charge in [-0.2, -0.15) is 0 Å². The number of benzene rings is 1. The van der Waals surface area contributed by atoms with Gasteiger partial charge in [-0.3, -0.25) is 9.36 Å². The molecule has 93 valence electrons. The Morgan fingerprint density at radius 3 is 2.35 bits per heavy atom. The minimum atomic E-state index is -4.31. The SMILES string of the molecule is O=[C]C(CCCCc1ccccc1)P(=O)(O)O. The zero-order valence-electron chi connectivity index (χ0n) is 9.45. The van der Waals surface area contributed by atoms with E-state index in [0.717, 1.165) is 12.8 Å². The molecule has 1 atom stereocenters. The van der Waals surface area contributed by atoms with Crippen molar-refractivity contribution in [2.75, 3.05) is 0 Å². The highest BCUT2D eigenvalue weighted by Gasteiger charge is 2.28. The number of hydrogen-bond acceptors (Lipinski definition) is 2. The lowest BCUT2D eigenvalue weighted by atomic mass is 10.1. The number of unbranched alkanes of at least 4 members (excludes halogenated alkanes) is 1. The molecule has 1 unspecified atom stereocenters. The second kappa shape index (κ2) is 6.70. The summed E-state index contributed by atoms with van der Waals surface area (Å²) in [4.78, 5) is 28.1. The molecule has 0 fully saturated rings. The fourth-order valence-corrected chi connectivity index (χ4v) is 2.26. The molecule has 1 radical (unpaired) electrons. The van der Waals surface area contributed by atoms with Gasteiger partial charge < -0.3 is 9.79 Å². The Labute approximate surface area is 101 Å². The molecule has 0 bridgehead atoms. The first-order chi connectivity index (χ1) is 8.04. The topological polar surface area (TPSA) is 74.6 Å². The Morgan fingerprint density at radius 2 is 1.82 bits per heavy atom.